The highest BCUT2D eigenvalue weighted by molar-refractivity contribution is 5.35. The highest BCUT2D eigenvalue weighted by Crippen LogP contribution is 2.19. The predicted octanol–water partition coefficient (Wildman–Crippen LogP) is 3.14. The fourth-order valence-corrected chi connectivity index (χ4v) is 1.06. The zero-order chi connectivity index (χ0) is 9.52. The Hall–Kier alpha value is -1.50. The molecule has 1 nitrogen and oxygen atoms in total. The van der Waals surface area contributed by atoms with E-state index in [1.807, 2.05) is 30.3 Å². The molecule has 0 aliphatic carbocycles. The summed E-state index contributed by atoms with van der Waals surface area (Å²) in [6, 6.07) is 7.88. The van der Waals surface area contributed by atoms with Crippen molar-refractivity contribution in [2.75, 3.05) is 0 Å². The minimum Gasteiger partial charge on any atom is -0.482 e. The summed E-state index contributed by atoms with van der Waals surface area (Å²) in [5.41, 5.74) is 1.13. The van der Waals surface area contributed by atoms with Crippen LogP contribution in [-0.4, -0.2) is 0 Å². The second kappa shape index (κ2) is 5.20. The van der Waals surface area contributed by atoms with Crippen LogP contribution in [-0.2, 0) is 6.42 Å². The zero-order valence-electron chi connectivity index (χ0n) is 7.57. The maximum Gasteiger partial charge on any atom is 0.157 e. The molecule has 0 amide bonds. The summed E-state index contributed by atoms with van der Waals surface area (Å²) in [6.07, 6.45) is 4.29. The average molecular weight is 173 g/mol. The maximum atomic E-state index is 5.35. The van der Waals surface area contributed by atoms with Crippen molar-refractivity contribution in [3.05, 3.63) is 61.7 Å². The van der Waals surface area contributed by atoms with Crippen LogP contribution in [0.3, 0.4) is 0 Å². The molecule has 0 fully saturated rings. The number of hydrogen-bond donors (Lipinski definition) is 0. The number of ether oxygens (including phenoxy) is 1. The van der Waals surface area contributed by atoms with Gasteiger partial charge in [0.05, 0.1) is 0 Å². The lowest BCUT2D eigenvalue weighted by molar-refractivity contribution is 0.430. The summed E-state index contributed by atoms with van der Waals surface area (Å²) >= 11 is 0. The topological polar surface area (TPSA) is 9.23 Å². The second-order valence-corrected chi connectivity index (χ2v) is 2.59. The Kier molecular flexibility index (Phi) is 3.83. The molecule has 0 atom stereocenters. The van der Waals surface area contributed by atoms with Crippen LogP contribution in [0.4, 0.5) is 0 Å². The Morgan fingerprint density at radius 1 is 1.23 bits per heavy atom. The Morgan fingerprint density at radius 2 is 2.00 bits per heavy atom. The number of allylic oxidation sites excluding steroid dienone is 1. The van der Waals surface area contributed by atoms with Gasteiger partial charge in [0.1, 0.15) is 5.75 Å². The summed E-state index contributed by atoms with van der Waals surface area (Å²) < 4.78 is 5.35. The van der Waals surface area contributed by atoms with Crippen molar-refractivity contribution < 1.29 is 4.74 Å². The van der Waals surface area contributed by atoms with Gasteiger partial charge in [0.25, 0.3) is 0 Å². The molecule has 0 spiro atoms. The Labute approximate surface area is 79.4 Å². The van der Waals surface area contributed by atoms with E-state index in [2.05, 4.69) is 13.2 Å². The molecular formula is C12H13O. The highest BCUT2D eigenvalue weighted by atomic mass is 16.5. The van der Waals surface area contributed by atoms with Crippen molar-refractivity contribution >= 4 is 0 Å². The minimum atomic E-state index is 0.821. The fourth-order valence-electron chi connectivity index (χ4n) is 1.06. The van der Waals surface area contributed by atoms with Gasteiger partial charge in [0.2, 0.25) is 0 Å². The lowest BCUT2D eigenvalue weighted by Gasteiger charge is -2.06. The van der Waals surface area contributed by atoms with E-state index < -0.39 is 0 Å². The van der Waals surface area contributed by atoms with Crippen LogP contribution < -0.4 is 4.74 Å². The molecule has 0 aliphatic heterocycles. The summed E-state index contributed by atoms with van der Waals surface area (Å²) in [5.74, 6) is 0.863. The fraction of sp³-hybridized carbons (Fsp3) is 0.0833. The number of hydrogen-bond acceptors (Lipinski definition) is 1. The zero-order valence-corrected chi connectivity index (χ0v) is 7.57. The van der Waals surface area contributed by atoms with Gasteiger partial charge < -0.3 is 4.74 Å². The molecule has 1 aromatic rings. The van der Waals surface area contributed by atoms with Gasteiger partial charge in [-0.3, -0.25) is 0 Å². The van der Waals surface area contributed by atoms with Gasteiger partial charge in [0, 0.05) is 0 Å². The first-order valence-corrected chi connectivity index (χ1v) is 4.18. The monoisotopic (exact) mass is 173 g/mol. The smallest absolute Gasteiger partial charge is 0.157 e. The van der Waals surface area contributed by atoms with E-state index in [4.69, 9.17) is 4.74 Å². The quantitative estimate of drug-likeness (QED) is 0.621. The molecule has 0 bridgehead atoms. The van der Waals surface area contributed by atoms with Crippen LogP contribution in [0.5, 0.6) is 5.75 Å². The highest BCUT2D eigenvalue weighted by Gasteiger charge is 1.99. The van der Waals surface area contributed by atoms with Gasteiger partial charge in [-0.15, -0.1) is 6.58 Å². The van der Waals surface area contributed by atoms with Crippen LogP contribution in [0.1, 0.15) is 5.56 Å². The Balaban J connectivity index is 2.77. The van der Waals surface area contributed by atoms with Crippen LogP contribution in [0.15, 0.2) is 49.6 Å². The molecule has 0 aliphatic rings. The molecule has 0 N–H and O–H groups in total. The normalized spacial score (nSPS) is 9.23. The summed E-state index contributed by atoms with van der Waals surface area (Å²) in [7, 11) is 0. The van der Waals surface area contributed by atoms with E-state index in [-0.39, 0.29) is 0 Å². The van der Waals surface area contributed by atoms with Crippen molar-refractivity contribution in [3.8, 4) is 5.75 Å². The molecular weight excluding hydrogens is 160 g/mol. The average Bonchev–Trinajstić information content (AvgIpc) is 2.17. The number of rotatable bonds is 5. The molecule has 1 rings (SSSR count). The standard InChI is InChI=1S/C12H13O/c1-3-7-11-8-5-6-9-12(11)13-10-4-2/h3-6,8-10H,1-2,7H2. The summed E-state index contributed by atoms with van der Waals surface area (Å²) in [6.45, 7) is 8.81. The molecule has 0 saturated heterocycles. The van der Waals surface area contributed by atoms with E-state index in [0.29, 0.717) is 0 Å². The molecule has 1 aromatic carbocycles. The van der Waals surface area contributed by atoms with Gasteiger partial charge in [-0.1, -0.05) is 30.9 Å². The van der Waals surface area contributed by atoms with Crippen LogP contribution >= 0.6 is 0 Å². The van der Waals surface area contributed by atoms with E-state index in [1.165, 1.54) is 0 Å². The molecule has 1 radical (unpaired) electrons. The van der Waals surface area contributed by atoms with Crippen molar-refractivity contribution in [1.29, 1.82) is 0 Å². The van der Waals surface area contributed by atoms with Crippen molar-refractivity contribution in [2.24, 2.45) is 0 Å². The third-order valence-electron chi connectivity index (χ3n) is 1.63. The number of para-hydroxylation sites is 1. The largest absolute Gasteiger partial charge is 0.482 e. The van der Waals surface area contributed by atoms with Crippen LogP contribution in [0.2, 0.25) is 0 Å². The minimum absolute atomic E-state index is 0.821. The molecule has 0 aromatic heterocycles. The van der Waals surface area contributed by atoms with Crippen molar-refractivity contribution in [1.82, 2.24) is 0 Å². The van der Waals surface area contributed by atoms with Crippen molar-refractivity contribution in [2.45, 2.75) is 6.42 Å². The Morgan fingerprint density at radius 3 is 2.69 bits per heavy atom. The number of benzene rings is 1. The van der Waals surface area contributed by atoms with E-state index in [9.17, 15) is 0 Å². The predicted molar refractivity (Wildman–Crippen MR) is 55.5 cm³/mol. The molecule has 0 heterocycles. The van der Waals surface area contributed by atoms with Gasteiger partial charge >= 0.3 is 0 Å². The second-order valence-electron chi connectivity index (χ2n) is 2.59. The van der Waals surface area contributed by atoms with E-state index in [1.54, 1.807) is 12.7 Å². The first-order chi connectivity index (χ1) is 6.38. The molecule has 0 saturated carbocycles. The maximum absolute atomic E-state index is 5.35. The van der Waals surface area contributed by atoms with E-state index >= 15 is 0 Å². The lowest BCUT2D eigenvalue weighted by atomic mass is 10.1. The van der Waals surface area contributed by atoms with Crippen LogP contribution in [0, 0.1) is 6.61 Å². The molecule has 67 valence electrons. The van der Waals surface area contributed by atoms with Crippen LogP contribution in [0.25, 0.3) is 0 Å². The van der Waals surface area contributed by atoms with Gasteiger partial charge in [-0.25, -0.2) is 0 Å². The van der Waals surface area contributed by atoms with Crippen molar-refractivity contribution in [3.63, 3.8) is 0 Å². The third kappa shape index (κ3) is 2.79. The molecule has 13 heavy (non-hydrogen) atoms. The van der Waals surface area contributed by atoms with Gasteiger partial charge in [-0.05, 0) is 24.1 Å². The summed E-state index contributed by atoms with van der Waals surface area (Å²) in [5, 5.41) is 0. The molecule has 0 unspecified atom stereocenters. The molecule has 1 heteroatoms. The first-order valence-electron chi connectivity index (χ1n) is 4.18. The van der Waals surface area contributed by atoms with Gasteiger partial charge in [0.15, 0.2) is 6.61 Å². The lowest BCUT2D eigenvalue weighted by Crippen LogP contribution is -1.91. The van der Waals surface area contributed by atoms with Gasteiger partial charge in [-0.2, -0.15) is 0 Å². The SMILES string of the molecule is C=C[CH]Oc1ccccc1CC=C. The third-order valence-corrected chi connectivity index (χ3v) is 1.63. The van der Waals surface area contributed by atoms with E-state index in [0.717, 1.165) is 17.7 Å². The Bertz CT molecular complexity index is 289. The first kappa shape index (κ1) is 9.59. The summed E-state index contributed by atoms with van der Waals surface area (Å²) in [4.78, 5) is 0.